The van der Waals surface area contributed by atoms with Crippen LogP contribution in [0.3, 0.4) is 0 Å². The number of ketones is 1. The summed E-state index contributed by atoms with van der Waals surface area (Å²) < 4.78 is 20.3. The molecule has 1 aliphatic heterocycles. The molecule has 4 aliphatic carbocycles. The second kappa shape index (κ2) is 7.32. The number of fused-ring (bicyclic) bond motifs is 6. The number of carbonyl (C=O) groups is 1. The number of ether oxygens (including phenoxy) is 3. The molecule has 7 rings (SSSR count). The number of rotatable bonds is 2. The average molecular weight is 522 g/mol. The molecule has 1 spiro atoms. The molecule has 2 aromatic rings. The molecular weight excluding hydrogens is 486 g/mol. The highest BCUT2D eigenvalue weighted by Gasteiger charge is 2.77. The summed E-state index contributed by atoms with van der Waals surface area (Å²) in [5.74, 6) is -0.0170. The Morgan fingerprint density at radius 1 is 1.22 bits per heavy atom. The van der Waals surface area contributed by atoms with Gasteiger partial charge in [0.1, 0.15) is 6.10 Å². The fourth-order valence-corrected chi connectivity index (χ4v) is 9.19. The minimum Gasteiger partial charge on any atom is -0.466 e. The van der Waals surface area contributed by atoms with Crippen molar-refractivity contribution in [3.8, 4) is 5.88 Å². The molecule has 1 N–H and O–H groups in total. The van der Waals surface area contributed by atoms with E-state index in [-0.39, 0.29) is 29.0 Å². The van der Waals surface area contributed by atoms with E-state index in [1.165, 1.54) is 0 Å². The first kappa shape index (κ1) is 24.0. The topological polar surface area (TPSA) is 77.9 Å². The van der Waals surface area contributed by atoms with E-state index in [2.05, 4.69) is 31.8 Å². The van der Waals surface area contributed by atoms with Crippen molar-refractivity contribution < 1.29 is 24.1 Å². The molecule has 3 fully saturated rings. The molecule has 6 nitrogen and oxygen atoms in total. The zero-order chi connectivity index (χ0) is 26.1. The Labute approximate surface area is 221 Å². The Hall–Kier alpha value is -2.06. The Kier molecular flexibility index (Phi) is 4.75. The van der Waals surface area contributed by atoms with Crippen LogP contribution in [0.15, 0.2) is 47.0 Å². The molecule has 0 aromatic carbocycles. The number of Topliss-reactive ketones (excluding diaryl/α,β-unsaturated/α-hetero) is 1. The first-order chi connectivity index (χ1) is 17.4. The zero-order valence-corrected chi connectivity index (χ0v) is 23.1. The normalized spacial score (nSPS) is 43.1. The Morgan fingerprint density at radius 2 is 2.00 bits per heavy atom. The number of nitrogens with zero attached hydrogens (tertiary/aromatic N) is 1. The van der Waals surface area contributed by atoms with Crippen molar-refractivity contribution in [2.75, 3.05) is 6.61 Å². The smallest absolute Gasteiger partial charge is 0.232 e. The maximum absolute atomic E-state index is 14.8. The molecule has 8 atom stereocenters. The lowest BCUT2D eigenvalue weighted by Gasteiger charge is -2.52. The second-order valence-corrected chi connectivity index (χ2v) is 13.9. The highest BCUT2D eigenvalue weighted by molar-refractivity contribution is 7.17. The molecule has 7 heteroatoms. The summed E-state index contributed by atoms with van der Waals surface area (Å²) in [7, 11) is 0. The number of aliphatic hydroxyl groups is 1. The SMILES string of the molecule is CC1=CC23C(=O)[C@@H](C=C4COC(C)(C)O[C@H]4[C@]2(O)[C@H]1Oc1nccc2ccsc12)[C@H]1[C@@H](C[C@H]3C)C1(C)C. The first-order valence-corrected chi connectivity index (χ1v) is 14.3. The van der Waals surface area contributed by atoms with Gasteiger partial charge in [-0.2, -0.15) is 0 Å². The molecule has 196 valence electrons. The van der Waals surface area contributed by atoms with E-state index in [4.69, 9.17) is 14.2 Å². The third-order valence-electron chi connectivity index (χ3n) is 10.2. The van der Waals surface area contributed by atoms with Crippen molar-refractivity contribution in [2.45, 2.75) is 71.6 Å². The summed E-state index contributed by atoms with van der Waals surface area (Å²) in [6, 6.07) is 3.99. The molecule has 37 heavy (non-hydrogen) atoms. The predicted octanol–water partition coefficient (Wildman–Crippen LogP) is 5.31. The second-order valence-electron chi connectivity index (χ2n) is 12.9. The Bertz CT molecular complexity index is 1390. The summed E-state index contributed by atoms with van der Waals surface area (Å²) in [6.45, 7) is 12.7. The monoisotopic (exact) mass is 521 g/mol. The van der Waals surface area contributed by atoms with Gasteiger partial charge in [-0.1, -0.05) is 32.9 Å². The Morgan fingerprint density at radius 3 is 2.78 bits per heavy atom. The average Bonchev–Trinajstić information content (AvgIpc) is 3.13. The van der Waals surface area contributed by atoms with E-state index in [9.17, 15) is 9.90 Å². The van der Waals surface area contributed by atoms with E-state index in [0.29, 0.717) is 18.4 Å². The van der Waals surface area contributed by atoms with Crippen LogP contribution in [0.1, 0.15) is 48.0 Å². The Balaban J connectivity index is 1.44. The third-order valence-corrected chi connectivity index (χ3v) is 11.2. The standard InChI is InChI=1S/C30H35NO5S/c1-15-13-29-16(2)11-20-21(27(20,3)4)19(23(29)32)12-18-14-34-28(5,6)36-25(18)30(29,33)24(15)35-26-22-17(7-9-31-26)8-10-37-22/h7-10,12-13,16,19-21,24-25,33H,11,14H2,1-6H3/t16-,19+,20-,21+,24+,25-,29?,30-/m1/s1. The first-order valence-electron chi connectivity index (χ1n) is 13.4. The van der Waals surface area contributed by atoms with Crippen LogP contribution in [0.25, 0.3) is 10.1 Å². The van der Waals surface area contributed by atoms with E-state index >= 15 is 0 Å². The van der Waals surface area contributed by atoms with Crippen LogP contribution < -0.4 is 4.74 Å². The lowest BCUT2D eigenvalue weighted by molar-refractivity contribution is -0.301. The van der Waals surface area contributed by atoms with Gasteiger partial charge in [0.05, 0.1) is 16.7 Å². The number of pyridine rings is 1. The lowest BCUT2D eigenvalue weighted by atomic mass is 9.59. The van der Waals surface area contributed by atoms with Gasteiger partial charge in [0, 0.05) is 12.1 Å². The van der Waals surface area contributed by atoms with Crippen LogP contribution in [0.4, 0.5) is 0 Å². The highest BCUT2D eigenvalue weighted by Crippen LogP contribution is 2.72. The van der Waals surface area contributed by atoms with E-state index < -0.39 is 29.0 Å². The van der Waals surface area contributed by atoms with Crippen molar-refractivity contribution in [1.29, 1.82) is 0 Å². The minimum atomic E-state index is -1.64. The number of hydrogen-bond acceptors (Lipinski definition) is 7. The van der Waals surface area contributed by atoms with Crippen molar-refractivity contribution in [3.63, 3.8) is 0 Å². The summed E-state index contributed by atoms with van der Waals surface area (Å²) in [6.07, 6.45) is 5.20. The summed E-state index contributed by atoms with van der Waals surface area (Å²) >= 11 is 1.56. The number of carbonyl (C=O) groups excluding carboxylic acids is 1. The summed E-state index contributed by atoms with van der Waals surface area (Å²) in [4.78, 5) is 19.4. The molecule has 1 unspecified atom stereocenters. The van der Waals surface area contributed by atoms with Gasteiger partial charge in [0.25, 0.3) is 0 Å². The largest absolute Gasteiger partial charge is 0.466 e. The van der Waals surface area contributed by atoms with Gasteiger partial charge in [-0.25, -0.2) is 4.98 Å². The molecule has 5 aliphatic rings. The van der Waals surface area contributed by atoms with Crippen molar-refractivity contribution >= 4 is 27.2 Å². The summed E-state index contributed by atoms with van der Waals surface area (Å²) in [5.41, 5.74) is -0.989. The fraction of sp³-hybridized carbons (Fsp3) is 0.600. The van der Waals surface area contributed by atoms with Gasteiger partial charge in [0.15, 0.2) is 23.3 Å². The van der Waals surface area contributed by atoms with Gasteiger partial charge >= 0.3 is 0 Å². The minimum absolute atomic E-state index is 0.0828. The number of thiophene rings is 1. The van der Waals surface area contributed by atoms with Gasteiger partial charge in [-0.05, 0) is 84.4 Å². The maximum atomic E-state index is 14.8. The molecule has 0 radical (unpaired) electrons. The molecule has 2 aromatic heterocycles. The van der Waals surface area contributed by atoms with Crippen molar-refractivity contribution in [3.05, 3.63) is 47.0 Å². The molecule has 3 heterocycles. The molecule has 2 bridgehead atoms. The molecular formula is C30H35NO5S. The van der Waals surface area contributed by atoms with E-state index in [0.717, 1.165) is 27.7 Å². The van der Waals surface area contributed by atoms with Crippen LogP contribution in [0.2, 0.25) is 0 Å². The van der Waals surface area contributed by atoms with Gasteiger partial charge in [-0.15, -0.1) is 11.3 Å². The third kappa shape index (κ3) is 2.92. The van der Waals surface area contributed by atoms with Crippen molar-refractivity contribution in [1.82, 2.24) is 4.98 Å². The number of hydrogen-bond donors (Lipinski definition) is 1. The lowest BCUT2D eigenvalue weighted by Crippen LogP contribution is -2.68. The van der Waals surface area contributed by atoms with E-state index in [1.54, 1.807) is 17.5 Å². The van der Waals surface area contributed by atoms with E-state index in [1.807, 2.05) is 44.4 Å². The molecule has 2 saturated carbocycles. The maximum Gasteiger partial charge on any atom is 0.232 e. The highest BCUT2D eigenvalue weighted by atomic mass is 32.1. The number of allylic oxidation sites excluding steroid dienone is 1. The van der Waals surface area contributed by atoms with Gasteiger partial charge < -0.3 is 19.3 Å². The van der Waals surface area contributed by atoms with Gasteiger partial charge in [0.2, 0.25) is 5.88 Å². The van der Waals surface area contributed by atoms with Crippen LogP contribution in [0, 0.1) is 34.5 Å². The molecule has 1 saturated heterocycles. The quantitative estimate of drug-likeness (QED) is 0.540. The zero-order valence-electron chi connectivity index (χ0n) is 22.3. The van der Waals surface area contributed by atoms with Crippen LogP contribution in [-0.4, -0.2) is 46.1 Å². The van der Waals surface area contributed by atoms with Crippen molar-refractivity contribution in [2.24, 2.45) is 34.5 Å². The van der Waals surface area contributed by atoms with Crippen LogP contribution in [-0.2, 0) is 14.3 Å². The predicted molar refractivity (Wildman–Crippen MR) is 141 cm³/mol. The summed E-state index contributed by atoms with van der Waals surface area (Å²) in [5, 5.41) is 16.2. The van der Waals surface area contributed by atoms with Crippen LogP contribution >= 0.6 is 11.3 Å². The van der Waals surface area contributed by atoms with Crippen LogP contribution in [0.5, 0.6) is 5.88 Å². The fourth-order valence-electron chi connectivity index (χ4n) is 8.36. The number of aromatic nitrogens is 1. The molecule has 0 amide bonds. The van der Waals surface area contributed by atoms with Gasteiger partial charge in [-0.3, -0.25) is 4.79 Å².